The first-order valence-electron chi connectivity index (χ1n) is 8.50. The van der Waals surface area contributed by atoms with Gasteiger partial charge in [-0.3, -0.25) is 9.03 Å². The third-order valence-electron chi connectivity index (χ3n) is 4.50. The molecule has 0 aliphatic carbocycles. The fraction of sp³-hybridized carbons (Fsp3) is 0.333. The molecule has 0 radical (unpaired) electrons. The molecule has 2 aromatic carbocycles. The molecule has 27 heavy (non-hydrogen) atoms. The van der Waals surface area contributed by atoms with E-state index in [0.29, 0.717) is 40.5 Å². The first-order valence-corrected chi connectivity index (χ1v) is 12.0. The van der Waals surface area contributed by atoms with E-state index in [1.807, 2.05) is 0 Å². The lowest BCUT2D eigenvalue weighted by Gasteiger charge is -2.30. The standard InChI is InChI=1S/C18H21ClN2O4S2/c1-13-12-18(27(24,25)20-16-7-5-15(19)6-8-16)14(2)11-17(13)21-9-3-4-10-26(21,22)23/h5-8,11-12,20H,3-4,9-10H2,1-2H3. The zero-order valence-corrected chi connectivity index (χ0v) is 17.5. The van der Waals surface area contributed by atoms with Crippen molar-refractivity contribution in [2.24, 2.45) is 0 Å². The highest BCUT2D eigenvalue weighted by Gasteiger charge is 2.28. The second-order valence-corrected chi connectivity index (χ2v) is 10.7. The molecule has 2 aromatic rings. The predicted molar refractivity (Wildman–Crippen MR) is 109 cm³/mol. The van der Waals surface area contributed by atoms with E-state index in [0.717, 1.165) is 6.42 Å². The summed E-state index contributed by atoms with van der Waals surface area (Å²) in [5, 5.41) is 0.511. The molecule has 1 heterocycles. The number of hydrogen-bond acceptors (Lipinski definition) is 4. The molecule has 146 valence electrons. The summed E-state index contributed by atoms with van der Waals surface area (Å²) in [6.07, 6.45) is 1.43. The molecule has 0 saturated carbocycles. The average Bonchev–Trinajstić information content (AvgIpc) is 2.58. The molecule has 0 atom stereocenters. The first kappa shape index (κ1) is 20.0. The maximum absolute atomic E-state index is 12.8. The Morgan fingerprint density at radius 3 is 2.33 bits per heavy atom. The fourth-order valence-electron chi connectivity index (χ4n) is 3.12. The molecule has 1 aliphatic heterocycles. The quantitative estimate of drug-likeness (QED) is 0.804. The third kappa shape index (κ3) is 4.23. The number of nitrogens with one attached hydrogen (secondary N) is 1. The van der Waals surface area contributed by atoms with Crippen LogP contribution in [0.5, 0.6) is 0 Å². The summed E-state index contributed by atoms with van der Waals surface area (Å²) in [4.78, 5) is 0.119. The molecular formula is C18H21ClN2O4S2. The van der Waals surface area contributed by atoms with Gasteiger partial charge in [-0.1, -0.05) is 11.6 Å². The predicted octanol–water partition coefficient (Wildman–Crippen LogP) is 3.69. The van der Waals surface area contributed by atoms with Crippen LogP contribution in [-0.2, 0) is 20.0 Å². The molecule has 0 amide bonds. The summed E-state index contributed by atoms with van der Waals surface area (Å²) in [5.74, 6) is 0.115. The Morgan fingerprint density at radius 2 is 1.70 bits per heavy atom. The summed E-state index contributed by atoms with van der Waals surface area (Å²) in [7, 11) is -7.18. The van der Waals surface area contributed by atoms with E-state index < -0.39 is 20.0 Å². The van der Waals surface area contributed by atoms with Crippen LogP contribution in [0.15, 0.2) is 41.3 Å². The van der Waals surface area contributed by atoms with Gasteiger partial charge in [-0.25, -0.2) is 16.8 Å². The number of benzene rings is 2. The number of nitrogens with zero attached hydrogens (tertiary/aromatic N) is 1. The Bertz CT molecular complexity index is 1070. The Balaban J connectivity index is 1.98. The van der Waals surface area contributed by atoms with Crippen molar-refractivity contribution in [3.63, 3.8) is 0 Å². The highest BCUT2D eigenvalue weighted by atomic mass is 35.5. The van der Waals surface area contributed by atoms with E-state index in [1.54, 1.807) is 44.2 Å². The van der Waals surface area contributed by atoms with Crippen LogP contribution in [0.25, 0.3) is 0 Å². The Kier molecular flexibility index (Phi) is 5.42. The van der Waals surface area contributed by atoms with Crippen LogP contribution < -0.4 is 9.03 Å². The summed E-state index contributed by atoms with van der Waals surface area (Å²) >= 11 is 5.83. The SMILES string of the molecule is Cc1cc(S(=O)(=O)Nc2ccc(Cl)cc2)c(C)cc1N1CCCCS1(=O)=O. The van der Waals surface area contributed by atoms with E-state index in [4.69, 9.17) is 11.6 Å². The summed E-state index contributed by atoms with van der Waals surface area (Å²) in [6.45, 7) is 3.80. The molecular weight excluding hydrogens is 408 g/mol. The van der Waals surface area contributed by atoms with Crippen molar-refractivity contribution in [3.8, 4) is 0 Å². The summed E-state index contributed by atoms with van der Waals surface area (Å²) in [6, 6.07) is 9.51. The summed E-state index contributed by atoms with van der Waals surface area (Å²) < 4.78 is 54.3. The monoisotopic (exact) mass is 428 g/mol. The molecule has 6 nitrogen and oxygen atoms in total. The van der Waals surface area contributed by atoms with Crippen molar-refractivity contribution in [2.45, 2.75) is 31.6 Å². The van der Waals surface area contributed by atoms with Crippen LogP contribution in [-0.4, -0.2) is 29.1 Å². The third-order valence-corrected chi connectivity index (χ3v) is 8.13. The van der Waals surface area contributed by atoms with E-state index in [2.05, 4.69) is 4.72 Å². The first-order chi connectivity index (χ1) is 12.6. The number of anilines is 2. The lowest BCUT2D eigenvalue weighted by molar-refractivity contribution is 0.574. The van der Waals surface area contributed by atoms with Crippen LogP contribution >= 0.6 is 11.6 Å². The van der Waals surface area contributed by atoms with Crippen LogP contribution in [0.2, 0.25) is 5.02 Å². The number of hydrogen-bond donors (Lipinski definition) is 1. The number of halogens is 1. The van der Waals surface area contributed by atoms with Crippen LogP contribution in [0.3, 0.4) is 0 Å². The van der Waals surface area contributed by atoms with Gasteiger partial charge in [-0.15, -0.1) is 0 Å². The number of aryl methyl sites for hydroxylation is 2. The minimum absolute atomic E-state index is 0.115. The van der Waals surface area contributed by atoms with Gasteiger partial charge in [0.25, 0.3) is 10.0 Å². The topological polar surface area (TPSA) is 83.6 Å². The van der Waals surface area contributed by atoms with E-state index in [-0.39, 0.29) is 10.6 Å². The van der Waals surface area contributed by atoms with E-state index >= 15 is 0 Å². The number of rotatable bonds is 4. The molecule has 0 spiro atoms. The Morgan fingerprint density at radius 1 is 1.04 bits per heavy atom. The van der Waals surface area contributed by atoms with Crippen LogP contribution in [0, 0.1) is 13.8 Å². The normalized spacial score (nSPS) is 16.9. The minimum Gasteiger partial charge on any atom is -0.280 e. The number of sulfonamides is 2. The molecule has 1 fully saturated rings. The minimum atomic E-state index is -3.82. The molecule has 9 heteroatoms. The van der Waals surface area contributed by atoms with Gasteiger partial charge in [-0.05, 0) is 74.2 Å². The lowest BCUT2D eigenvalue weighted by atomic mass is 10.1. The molecule has 1 saturated heterocycles. The highest BCUT2D eigenvalue weighted by molar-refractivity contribution is 7.93. The van der Waals surface area contributed by atoms with Gasteiger partial charge in [0, 0.05) is 17.3 Å². The van der Waals surface area contributed by atoms with E-state index in [1.165, 1.54) is 10.4 Å². The van der Waals surface area contributed by atoms with Crippen molar-refractivity contribution in [1.82, 2.24) is 0 Å². The second kappa shape index (κ2) is 7.33. The van der Waals surface area contributed by atoms with Gasteiger partial charge in [0.2, 0.25) is 10.0 Å². The van der Waals surface area contributed by atoms with Gasteiger partial charge in [0.15, 0.2) is 0 Å². The fourth-order valence-corrected chi connectivity index (χ4v) is 6.31. The van der Waals surface area contributed by atoms with Crippen LogP contribution in [0.1, 0.15) is 24.0 Å². The smallest absolute Gasteiger partial charge is 0.262 e. The molecule has 1 N–H and O–H groups in total. The highest BCUT2D eigenvalue weighted by Crippen LogP contribution is 2.31. The van der Waals surface area contributed by atoms with Gasteiger partial charge in [-0.2, -0.15) is 0 Å². The Hall–Kier alpha value is -1.77. The van der Waals surface area contributed by atoms with Gasteiger partial charge in [0.05, 0.1) is 16.3 Å². The van der Waals surface area contributed by atoms with Crippen molar-refractivity contribution < 1.29 is 16.8 Å². The van der Waals surface area contributed by atoms with Crippen molar-refractivity contribution in [1.29, 1.82) is 0 Å². The molecule has 0 aromatic heterocycles. The lowest BCUT2D eigenvalue weighted by Crippen LogP contribution is -2.38. The Labute approximate surface area is 165 Å². The maximum atomic E-state index is 12.8. The maximum Gasteiger partial charge on any atom is 0.262 e. The average molecular weight is 429 g/mol. The van der Waals surface area contributed by atoms with Crippen molar-refractivity contribution in [2.75, 3.05) is 21.3 Å². The van der Waals surface area contributed by atoms with Crippen molar-refractivity contribution in [3.05, 3.63) is 52.5 Å². The summed E-state index contributed by atoms with van der Waals surface area (Å²) in [5.41, 5.74) is 2.03. The second-order valence-electron chi connectivity index (χ2n) is 6.61. The zero-order valence-electron chi connectivity index (χ0n) is 15.1. The van der Waals surface area contributed by atoms with Gasteiger partial charge < -0.3 is 0 Å². The molecule has 0 bridgehead atoms. The molecule has 3 rings (SSSR count). The zero-order chi connectivity index (χ0) is 19.8. The van der Waals surface area contributed by atoms with Crippen molar-refractivity contribution >= 4 is 43.0 Å². The molecule has 1 aliphatic rings. The largest absolute Gasteiger partial charge is 0.280 e. The molecule has 0 unspecified atom stereocenters. The van der Waals surface area contributed by atoms with E-state index in [9.17, 15) is 16.8 Å². The van der Waals surface area contributed by atoms with Gasteiger partial charge in [0.1, 0.15) is 0 Å². The van der Waals surface area contributed by atoms with Gasteiger partial charge >= 0.3 is 0 Å². The van der Waals surface area contributed by atoms with Crippen LogP contribution in [0.4, 0.5) is 11.4 Å².